The number of aryl methyl sites for hydroxylation is 1. The van der Waals surface area contributed by atoms with E-state index in [9.17, 15) is 14.4 Å². The molecule has 0 atom stereocenters. The molecule has 0 saturated carbocycles. The van der Waals surface area contributed by atoms with Gasteiger partial charge in [-0.3, -0.25) is 14.4 Å². The van der Waals surface area contributed by atoms with Crippen molar-refractivity contribution in [2.75, 3.05) is 26.2 Å². The van der Waals surface area contributed by atoms with E-state index >= 15 is 0 Å². The molecule has 1 aliphatic heterocycles. The van der Waals surface area contributed by atoms with Crippen molar-refractivity contribution in [2.45, 2.75) is 26.2 Å². The summed E-state index contributed by atoms with van der Waals surface area (Å²) in [6.07, 6.45) is 5.10. The van der Waals surface area contributed by atoms with Gasteiger partial charge in [0.1, 0.15) is 12.0 Å². The largest absolute Gasteiger partial charge is 0.472 e. The highest BCUT2D eigenvalue weighted by Gasteiger charge is 2.31. The van der Waals surface area contributed by atoms with E-state index in [-0.39, 0.29) is 17.6 Å². The third kappa shape index (κ3) is 2.73. The van der Waals surface area contributed by atoms with Crippen LogP contribution in [0.2, 0.25) is 0 Å². The highest BCUT2D eigenvalue weighted by atomic mass is 16.3. The number of piperazine rings is 1. The van der Waals surface area contributed by atoms with Crippen LogP contribution in [0.5, 0.6) is 0 Å². The number of furan rings is 1. The lowest BCUT2D eigenvalue weighted by Gasteiger charge is -2.34. The Morgan fingerprint density at radius 1 is 1.08 bits per heavy atom. The molecular formula is C19H21N3O4. The predicted octanol–water partition coefficient (Wildman–Crippen LogP) is 2.03. The molecule has 4 rings (SSSR count). The van der Waals surface area contributed by atoms with Crippen LogP contribution in [0.15, 0.2) is 23.0 Å². The van der Waals surface area contributed by atoms with Crippen LogP contribution in [0.3, 0.4) is 0 Å². The number of Topliss-reactive ketones (excluding diaryl/α,β-unsaturated/α-hetero) is 1. The fraction of sp³-hybridized carbons (Fsp3) is 0.421. The maximum Gasteiger partial charge on any atom is 0.270 e. The number of nitrogens with one attached hydrogen (secondary N) is 1. The molecule has 1 aliphatic carbocycles. The van der Waals surface area contributed by atoms with Crippen LogP contribution < -0.4 is 0 Å². The van der Waals surface area contributed by atoms with Crippen molar-refractivity contribution in [3.63, 3.8) is 0 Å². The quantitative estimate of drug-likeness (QED) is 0.893. The van der Waals surface area contributed by atoms with E-state index in [0.717, 1.165) is 24.1 Å². The molecular weight excluding hydrogens is 334 g/mol. The van der Waals surface area contributed by atoms with Crippen LogP contribution in [0.1, 0.15) is 55.3 Å². The summed E-state index contributed by atoms with van der Waals surface area (Å²) < 4.78 is 4.96. The average Bonchev–Trinajstić information content (AvgIpc) is 3.30. The lowest BCUT2D eigenvalue weighted by molar-refractivity contribution is 0.0531. The number of hydrogen-bond donors (Lipinski definition) is 1. The number of carbonyl (C=O) groups excluding carboxylic acids is 3. The van der Waals surface area contributed by atoms with Crippen LogP contribution in [-0.4, -0.2) is 58.6 Å². The minimum atomic E-state index is -0.0971. The Morgan fingerprint density at radius 3 is 2.38 bits per heavy atom. The zero-order chi connectivity index (χ0) is 18.3. The number of rotatable bonds is 2. The summed E-state index contributed by atoms with van der Waals surface area (Å²) in [7, 11) is 0. The normalized spacial score (nSPS) is 17.3. The average molecular weight is 355 g/mol. The molecule has 1 fully saturated rings. The van der Waals surface area contributed by atoms with Gasteiger partial charge in [0.05, 0.1) is 11.8 Å². The molecule has 3 heterocycles. The highest BCUT2D eigenvalue weighted by molar-refractivity contribution is 6.04. The van der Waals surface area contributed by atoms with Crippen LogP contribution >= 0.6 is 0 Å². The summed E-state index contributed by atoms with van der Waals surface area (Å²) >= 11 is 0. The monoisotopic (exact) mass is 355 g/mol. The van der Waals surface area contributed by atoms with Crippen LogP contribution in [0.25, 0.3) is 0 Å². The Morgan fingerprint density at radius 2 is 1.77 bits per heavy atom. The van der Waals surface area contributed by atoms with Gasteiger partial charge in [-0.05, 0) is 31.4 Å². The predicted molar refractivity (Wildman–Crippen MR) is 93.3 cm³/mol. The van der Waals surface area contributed by atoms with Gasteiger partial charge in [0.25, 0.3) is 11.8 Å². The van der Waals surface area contributed by atoms with Crippen LogP contribution in [0.4, 0.5) is 0 Å². The molecule has 2 aromatic rings. The van der Waals surface area contributed by atoms with E-state index in [0.29, 0.717) is 49.4 Å². The zero-order valence-corrected chi connectivity index (χ0v) is 14.7. The molecule has 2 amide bonds. The van der Waals surface area contributed by atoms with Crippen molar-refractivity contribution < 1.29 is 18.8 Å². The molecule has 1 N–H and O–H groups in total. The Hall–Kier alpha value is -2.83. The number of nitrogens with zero attached hydrogens (tertiary/aromatic N) is 2. The molecule has 7 heteroatoms. The molecule has 0 radical (unpaired) electrons. The van der Waals surface area contributed by atoms with Crippen LogP contribution in [-0.2, 0) is 6.42 Å². The maximum atomic E-state index is 12.9. The smallest absolute Gasteiger partial charge is 0.270 e. The van der Waals surface area contributed by atoms with Crippen molar-refractivity contribution >= 4 is 17.6 Å². The topological polar surface area (TPSA) is 86.6 Å². The lowest BCUT2D eigenvalue weighted by Crippen LogP contribution is -2.50. The Kier molecular flexibility index (Phi) is 4.14. The number of amides is 2. The Balaban J connectivity index is 1.46. The van der Waals surface area contributed by atoms with E-state index in [1.807, 2.05) is 6.92 Å². The van der Waals surface area contributed by atoms with E-state index < -0.39 is 0 Å². The van der Waals surface area contributed by atoms with E-state index in [1.54, 1.807) is 15.9 Å². The summed E-state index contributed by atoms with van der Waals surface area (Å²) in [6, 6.07) is 1.64. The second-order valence-corrected chi connectivity index (χ2v) is 6.85. The lowest BCUT2D eigenvalue weighted by atomic mass is 9.93. The molecule has 0 unspecified atom stereocenters. The zero-order valence-electron chi connectivity index (χ0n) is 14.7. The summed E-state index contributed by atoms with van der Waals surface area (Å²) in [6.45, 7) is 3.74. The van der Waals surface area contributed by atoms with Crippen molar-refractivity contribution in [3.05, 3.63) is 46.7 Å². The fourth-order valence-electron chi connectivity index (χ4n) is 3.83. The molecule has 0 bridgehead atoms. The third-order valence-electron chi connectivity index (χ3n) is 5.27. The van der Waals surface area contributed by atoms with Gasteiger partial charge in [-0.2, -0.15) is 0 Å². The number of H-pyrrole nitrogens is 1. The van der Waals surface area contributed by atoms with Gasteiger partial charge in [-0.15, -0.1) is 0 Å². The number of aromatic amines is 1. The molecule has 0 aromatic carbocycles. The van der Waals surface area contributed by atoms with E-state index in [4.69, 9.17) is 4.42 Å². The van der Waals surface area contributed by atoms with Gasteiger partial charge in [0, 0.05) is 43.9 Å². The van der Waals surface area contributed by atoms with Crippen molar-refractivity contribution in [1.29, 1.82) is 0 Å². The summed E-state index contributed by atoms with van der Waals surface area (Å²) in [4.78, 5) is 44.1. The Bertz CT molecular complexity index is 858. The number of aromatic nitrogens is 1. The maximum absolute atomic E-state index is 12.9. The van der Waals surface area contributed by atoms with Crippen molar-refractivity contribution in [3.8, 4) is 0 Å². The molecule has 136 valence electrons. The molecule has 2 aromatic heterocycles. The molecule has 7 nitrogen and oxygen atoms in total. The van der Waals surface area contributed by atoms with Crippen LogP contribution in [0, 0.1) is 6.92 Å². The van der Waals surface area contributed by atoms with Gasteiger partial charge >= 0.3 is 0 Å². The number of ketones is 1. The van der Waals surface area contributed by atoms with Gasteiger partial charge in [-0.25, -0.2) is 0 Å². The van der Waals surface area contributed by atoms with Gasteiger partial charge in [0.15, 0.2) is 5.78 Å². The van der Waals surface area contributed by atoms with E-state index in [2.05, 4.69) is 4.98 Å². The number of hydrogen-bond acceptors (Lipinski definition) is 4. The molecule has 2 aliphatic rings. The molecule has 26 heavy (non-hydrogen) atoms. The molecule has 1 saturated heterocycles. The second-order valence-electron chi connectivity index (χ2n) is 6.85. The highest BCUT2D eigenvalue weighted by Crippen LogP contribution is 2.27. The minimum Gasteiger partial charge on any atom is -0.472 e. The van der Waals surface area contributed by atoms with E-state index in [1.165, 1.54) is 12.5 Å². The first-order chi connectivity index (χ1) is 12.6. The first-order valence-corrected chi connectivity index (χ1v) is 8.91. The summed E-state index contributed by atoms with van der Waals surface area (Å²) in [5.41, 5.74) is 3.38. The third-order valence-corrected chi connectivity index (χ3v) is 5.27. The second kappa shape index (κ2) is 6.48. The first-order valence-electron chi connectivity index (χ1n) is 8.91. The fourth-order valence-corrected chi connectivity index (χ4v) is 3.83. The standard InChI is InChI=1S/C19H21N3O4/c1-12-16-14(3-2-4-15(16)23)20-17(12)19(25)22-8-6-21(7-9-22)18(24)13-5-10-26-11-13/h5,10-11,20H,2-4,6-9H2,1H3. The SMILES string of the molecule is Cc1c(C(=O)N2CCN(C(=O)c3ccoc3)CC2)[nH]c2c1C(=O)CCC2. The first kappa shape index (κ1) is 16.6. The summed E-state index contributed by atoms with van der Waals surface area (Å²) in [5, 5.41) is 0. The Labute approximate surface area is 150 Å². The summed E-state index contributed by atoms with van der Waals surface area (Å²) in [5.74, 6) is -0.0577. The van der Waals surface area contributed by atoms with Crippen molar-refractivity contribution in [2.24, 2.45) is 0 Å². The minimum absolute atomic E-state index is 0.0806. The number of carbonyl (C=O) groups is 3. The molecule has 0 spiro atoms. The van der Waals surface area contributed by atoms with Crippen molar-refractivity contribution in [1.82, 2.24) is 14.8 Å². The van der Waals surface area contributed by atoms with Gasteiger partial charge < -0.3 is 19.2 Å². The number of fused-ring (bicyclic) bond motifs is 1. The van der Waals surface area contributed by atoms with Gasteiger partial charge in [-0.1, -0.05) is 0 Å². The van der Waals surface area contributed by atoms with Gasteiger partial charge in [0.2, 0.25) is 0 Å².